The molecule has 0 saturated carbocycles. The highest BCUT2D eigenvalue weighted by Gasteiger charge is 2.13. The Morgan fingerprint density at radius 3 is 2.77 bits per heavy atom. The molecule has 3 rings (SSSR count). The molecule has 0 bridgehead atoms. The van der Waals surface area contributed by atoms with Crippen LogP contribution in [0.2, 0.25) is 0 Å². The number of H-pyrrole nitrogens is 1. The van der Waals surface area contributed by atoms with E-state index in [0.717, 1.165) is 0 Å². The molecule has 1 aromatic heterocycles. The highest BCUT2D eigenvalue weighted by molar-refractivity contribution is 6.04. The molecule has 0 aliphatic rings. The molecule has 0 atom stereocenters. The van der Waals surface area contributed by atoms with Crippen LogP contribution >= 0.6 is 0 Å². The van der Waals surface area contributed by atoms with Gasteiger partial charge in [-0.25, -0.2) is 9.18 Å². The number of fused-ring (bicyclic) bond motifs is 1. The third kappa shape index (κ3) is 2.41. The number of hydrogen-bond acceptors (Lipinski definition) is 2. The number of hydrogen-bond donors (Lipinski definition) is 2. The van der Waals surface area contributed by atoms with Crippen molar-refractivity contribution in [2.45, 2.75) is 6.92 Å². The first-order valence-electron chi connectivity index (χ1n) is 6.87. The Kier molecular flexibility index (Phi) is 3.55. The zero-order chi connectivity index (χ0) is 15.7. The summed E-state index contributed by atoms with van der Waals surface area (Å²) in [5.41, 5.74) is 1.90. The van der Waals surface area contributed by atoms with Crippen LogP contribution in [0.4, 0.5) is 4.39 Å². The van der Waals surface area contributed by atoms with Gasteiger partial charge in [0.25, 0.3) is 0 Å². The van der Waals surface area contributed by atoms with Crippen LogP contribution in [-0.4, -0.2) is 22.7 Å². The lowest BCUT2D eigenvalue weighted by atomic mass is 10.0. The molecule has 0 unspecified atom stereocenters. The van der Waals surface area contributed by atoms with Gasteiger partial charge in [-0.2, -0.15) is 0 Å². The van der Waals surface area contributed by atoms with E-state index >= 15 is 0 Å². The van der Waals surface area contributed by atoms with Gasteiger partial charge < -0.3 is 14.8 Å². The quantitative estimate of drug-likeness (QED) is 0.763. The maximum atomic E-state index is 14.2. The van der Waals surface area contributed by atoms with Gasteiger partial charge in [-0.3, -0.25) is 0 Å². The minimum Gasteiger partial charge on any atom is -0.494 e. The van der Waals surface area contributed by atoms with Gasteiger partial charge in [-0.05, 0) is 36.8 Å². The molecule has 2 N–H and O–H groups in total. The van der Waals surface area contributed by atoms with Crippen molar-refractivity contribution in [1.82, 2.24) is 4.98 Å². The van der Waals surface area contributed by atoms with Crippen LogP contribution in [0.5, 0.6) is 5.75 Å². The molecular weight excluding hydrogens is 285 g/mol. The molecule has 4 nitrogen and oxygen atoms in total. The smallest absolute Gasteiger partial charge is 0.337 e. The molecule has 112 valence electrons. The third-order valence-electron chi connectivity index (χ3n) is 3.47. The molecule has 0 fully saturated rings. The topological polar surface area (TPSA) is 62.3 Å². The van der Waals surface area contributed by atoms with Crippen molar-refractivity contribution in [3.05, 3.63) is 54.0 Å². The molecule has 0 saturated heterocycles. The summed E-state index contributed by atoms with van der Waals surface area (Å²) in [6.07, 6.45) is 1.44. The van der Waals surface area contributed by atoms with Crippen molar-refractivity contribution in [3.63, 3.8) is 0 Å². The predicted octanol–water partition coefficient (Wildman–Crippen LogP) is 4.07. The molecular formula is C17H14FNO3. The Morgan fingerprint density at radius 2 is 2.09 bits per heavy atom. The number of ether oxygens (including phenoxy) is 1. The van der Waals surface area contributed by atoms with E-state index in [4.69, 9.17) is 4.74 Å². The lowest BCUT2D eigenvalue weighted by Gasteiger charge is -2.07. The number of carbonyl (C=O) groups is 1. The van der Waals surface area contributed by atoms with Crippen LogP contribution in [0.15, 0.2) is 42.6 Å². The second kappa shape index (κ2) is 5.52. The molecule has 0 aliphatic carbocycles. The van der Waals surface area contributed by atoms with Gasteiger partial charge in [0.1, 0.15) is 11.6 Å². The van der Waals surface area contributed by atoms with Gasteiger partial charge >= 0.3 is 5.97 Å². The molecule has 0 amide bonds. The van der Waals surface area contributed by atoms with Crippen LogP contribution in [0.25, 0.3) is 22.0 Å². The second-order valence-corrected chi connectivity index (χ2v) is 4.84. The van der Waals surface area contributed by atoms with E-state index < -0.39 is 11.8 Å². The first kappa shape index (κ1) is 14.1. The predicted molar refractivity (Wildman–Crippen MR) is 81.8 cm³/mol. The average molecular weight is 299 g/mol. The van der Waals surface area contributed by atoms with Crippen molar-refractivity contribution < 1.29 is 19.0 Å². The minimum absolute atomic E-state index is 0.170. The highest BCUT2D eigenvalue weighted by Crippen LogP contribution is 2.30. The summed E-state index contributed by atoms with van der Waals surface area (Å²) in [6.45, 7) is 2.30. The molecule has 0 spiro atoms. The molecule has 5 heteroatoms. The second-order valence-electron chi connectivity index (χ2n) is 4.84. The number of carboxylic acids is 1. The fourth-order valence-electron chi connectivity index (χ4n) is 2.45. The van der Waals surface area contributed by atoms with Gasteiger partial charge in [-0.1, -0.05) is 6.07 Å². The number of aromatic amines is 1. The maximum Gasteiger partial charge on any atom is 0.337 e. The van der Waals surface area contributed by atoms with E-state index in [-0.39, 0.29) is 5.56 Å². The van der Waals surface area contributed by atoms with Crippen LogP contribution in [0.3, 0.4) is 0 Å². The van der Waals surface area contributed by atoms with E-state index in [2.05, 4.69) is 4.98 Å². The largest absolute Gasteiger partial charge is 0.494 e. The summed E-state index contributed by atoms with van der Waals surface area (Å²) in [5, 5.41) is 9.73. The molecule has 0 aliphatic heterocycles. The van der Waals surface area contributed by atoms with E-state index in [9.17, 15) is 14.3 Å². The van der Waals surface area contributed by atoms with Crippen molar-refractivity contribution in [1.29, 1.82) is 0 Å². The number of aromatic nitrogens is 1. The maximum absolute atomic E-state index is 14.2. The van der Waals surface area contributed by atoms with Gasteiger partial charge in [0.05, 0.1) is 12.2 Å². The summed E-state index contributed by atoms with van der Waals surface area (Å²) >= 11 is 0. The summed E-state index contributed by atoms with van der Waals surface area (Å²) < 4.78 is 19.5. The first-order valence-corrected chi connectivity index (χ1v) is 6.87. The number of carboxylic acid groups (broad SMARTS) is 1. The van der Waals surface area contributed by atoms with E-state index in [1.807, 2.05) is 6.92 Å². The zero-order valence-electron chi connectivity index (χ0n) is 11.9. The molecule has 2 aromatic carbocycles. The highest BCUT2D eigenvalue weighted by atomic mass is 19.1. The summed E-state index contributed by atoms with van der Waals surface area (Å²) in [6, 6.07) is 9.83. The third-order valence-corrected chi connectivity index (χ3v) is 3.47. The molecule has 0 radical (unpaired) electrons. The molecule has 22 heavy (non-hydrogen) atoms. The van der Waals surface area contributed by atoms with Crippen LogP contribution in [0, 0.1) is 5.82 Å². The fraction of sp³-hybridized carbons (Fsp3) is 0.118. The first-order chi connectivity index (χ1) is 10.6. The van der Waals surface area contributed by atoms with Gasteiger partial charge in [0, 0.05) is 28.7 Å². The lowest BCUT2D eigenvalue weighted by molar-refractivity contribution is 0.0699. The van der Waals surface area contributed by atoms with Crippen LogP contribution in [0.1, 0.15) is 17.3 Å². The average Bonchev–Trinajstić information content (AvgIpc) is 2.91. The number of nitrogens with one attached hydrogen (secondary N) is 1. The Morgan fingerprint density at radius 1 is 1.27 bits per heavy atom. The van der Waals surface area contributed by atoms with Crippen molar-refractivity contribution in [3.8, 4) is 16.9 Å². The number of benzene rings is 2. The van der Waals surface area contributed by atoms with Crippen molar-refractivity contribution in [2.24, 2.45) is 0 Å². The Balaban J connectivity index is 2.10. The fourth-order valence-corrected chi connectivity index (χ4v) is 2.45. The summed E-state index contributed by atoms with van der Waals surface area (Å²) in [7, 11) is 0. The Hall–Kier alpha value is -2.82. The summed E-state index contributed by atoms with van der Waals surface area (Å²) in [5.74, 6) is -0.953. The van der Waals surface area contributed by atoms with Crippen LogP contribution < -0.4 is 4.74 Å². The standard InChI is InChI=1S/C17H14FNO3/c1-2-22-11-4-5-12(15(18)8-11)10-3-6-16-13(7-10)14(9-19-16)17(20)21/h3-9,19H,2H2,1H3,(H,20,21). The lowest BCUT2D eigenvalue weighted by Crippen LogP contribution is -1.94. The molecule has 3 aromatic rings. The SMILES string of the molecule is CCOc1ccc(-c2ccc3[nH]cc(C(=O)O)c3c2)c(F)c1. The number of halogens is 1. The minimum atomic E-state index is -1.02. The monoisotopic (exact) mass is 299 g/mol. The van der Waals surface area contributed by atoms with Gasteiger partial charge in [0.2, 0.25) is 0 Å². The van der Waals surface area contributed by atoms with Crippen molar-refractivity contribution >= 4 is 16.9 Å². The van der Waals surface area contributed by atoms with Crippen LogP contribution in [-0.2, 0) is 0 Å². The Labute approximate surface area is 126 Å². The van der Waals surface area contributed by atoms with Gasteiger partial charge in [-0.15, -0.1) is 0 Å². The number of rotatable bonds is 4. The summed E-state index contributed by atoms with van der Waals surface area (Å²) in [4.78, 5) is 14.1. The zero-order valence-corrected chi connectivity index (χ0v) is 11.9. The molecule has 1 heterocycles. The van der Waals surface area contributed by atoms with Crippen molar-refractivity contribution in [2.75, 3.05) is 6.61 Å². The van der Waals surface area contributed by atoms with E-state index in [0.29, 0.717) is 34.4 Å². The Bertz CT molecular complexity index is 854. The number of aromatic carboxylic acids is 1. The van der Waals surface area contributed by atoms with E-state index in [1.54, 1.807) is 30.3 Å². The van der Waals surface area contributed by atoms with E-state index in [1.165, 1.54) is 12.3 Å². The normalized spacial score (nSPS) is 10.8. The van der Waals surface area contributed by atoms with Gasteiger partial charge in [0.15, 0.2) is 0 Å².